The van der Waals surface area contributed by atoms with Crippen molar-refractivity contribution in [3.8, 4) is 5.75 Å². The molecular weight excluding hydrogens is 308 g/mol. The number of aromatic nitrogens is 2. The van der Waals surface area contributed by atoms with E-state index >= 15 is 0 Å². The van der Waals surface area contributed by atoms with Gasteiger partial charge in [0.15, 0.2) is 0 Å². The molecule has 0 bridgehead atoms. The Morgan fingerprint density at radius 1 is 1.00 bits per heavy atom. The fourth-order valence-electron chi connectivity index (χ4n) is 2.97. The Hall–Kier alpha value is -2.52. The van der Waals surface area contributed by atoms with E-state index < -0.39 is 0 Å². The fourth-order valence-corrected chi connectivity index (χ4v) is 2.97. The van der Waals surface area contributed by atoms with Gasteiger partial charge in [0.2, 0.25) is 0 Å². The standard InChI is InChI=1S/C19H16N2O.ClH/c1-12-9-10-16(22)19-18(12)20-17(21-19)11-14-7-4-6-13-5-2-3-8-15(13)14;/h2-10,22H,11H2,1H3,(H,20,21);1H. The number of imidazole rings is 1. The lowest BCUT2D eigenvalue weighted by Gasteiger charge is -2.04. The van der Waals surface area contributed by atoms with E-state index in [0.29, 0.717) is 5.52 Å². The van der Waals surface area contributed by atoms with E-state index in [2.05, 4.69) is 52.4 Å². The molecule has 0 amide bonds. The molecule has 1 aromatic heterocycles. The van der Waals surface area contributed by atoms with Crippen LogP contribution in [0.5, 0.6) is 5.75 Å². The molecule has 0 fully saturated rings. The summed E-state index contributed by atoms with van der Waals surface area (Å²) in [6, 6.07) is 18.3. The average Bonchev–Trinajstić information content (AvgIpc) is 2.97. The van der Waals surface area contributed by atoms with Crippen molar-refractivity contribution in [1.82, 2.24) is 9.97 Å². The number of aromatic amines is 1. The van der Waals surface area contributed by atoms with Crippen molar-refractivity contribution in [3.05, 3.63) is 71.5 Å². The summed E-state index contributed by atoms with van der Waals surface area (Å²) in [5, 5.41) is 12.4. The van der Waals surface area contributed by atoms with Crippen LogP contribution < -0.4 is 0 Å². The number of phenolic OH excluding ortho intramolecular Hbond substituents is 1. The minimum Gasteiger partial charge on any atom is -0.506 e. The smallest absolute Gasteiger partial charge is 0.143 e. The second-order valence-electron chi connectivity index (χ2n) is 5.62. The zero-order chi connectivity index (χ0) is 15.1. The second kappa shape index (κ2) is 5.94. The van der Waals surface area contributed by atoms with Gasteiger partial charge in [0.05, 0.1) is 5.52 Å². The van der Waals surface area contributed by atoms with Crippen molar-refractivity contribution < 1.29 is 5.11 Å². The van der Waals surface area contributed by atoms with Gasteiger partial charge in [-0.2, -0.15) is 0 Å². The molecule has 0 radical (unpaired) electrons. The number of rotatable bonds is 2. The molecule has 0 aliphatic heterocycles. The van der Waals surface area contributed by atoms with Crippen LogP contribution in [0.1, 0.15) is 17.0 Å². The SMILES string of the molecule is Cc1ccc(O)c2nc(Cc3cccc4ccccc34)[nH]c12.Cl. The Morgan fingerprint density at radius 3 is 2.61 bits per heavy atom. The lowest BCUT2D eigenvalue weighted by Crippen LogP contribution is -1.92. The molecule has 0 aliphatic rings. The molecule has 3 nitrogen and oxygen atoms in total. The molecule has 4 heteroatoms. The van der Waals surface area contributed by atoms with E-state index in [9.17, 15) is 5.11 Å². The molecular formula is C19H17ClN2O. The largest absolute Gasteiger partial charge is 0.506 e. The summed E-state index contributed by atoms with van der Waals surface area (Å²) in [4.78, 5) is 7.92. The predicted octanol–water partition coefficient (Wildman–Crippen LogP) is 4.74. The van der Waals surface area contributed by atoms with Crippen LogP contribution in [0.15, 0.2) is 54.6 Å². The maximum absolute atomic E-state index is 9.96. The molecule has 0 spiro atoms. The number of fused-ring (bicyclic) bond motifs is 2. The summed E-state index contributed by atoms with van der Waals surface area (Å²) in [6.07, 6.45) is 0.717. The molecule has 116 valence electrons. The molecule has 0 saturated carbocycles. The van der Waals surface area contributed by atoms with Crippen LogP contribution in [-0.4, -0.2) is 15.1 Å². The Balaban J connectivity index is 0.00000156. The topological polar surface area (TPSA) is 48.9 Å². The molecule has 0 saturated heterocycles. The number of hydrogen-bond donors (Lipinski definition) is 2. The van der Waals surface area contributed by atoms with Crippen molar-refractivity contribution in [2.45, 2.75) is 13.3 Å². The molecule has 0 atom stereocenters. The monoisotopic (exact) mass is 324 g/mol. The van der Waals surface area contributed by atoms with Crippen molar-refractivity contribution in [2.24, 2.45) is 0 Å². The van der Waals surface area contributed by atoms with Crippen LogP contribution in [0.4, 0.5) is 0 Å². The van der Waals surface area contributed by atoms with E-state index in [1.165, 1.54) is 16.3 Å². The zero-order valence-corrected chi connectivity index (χ0v) is 13.5. The van der Waals surface area contributed by atoms with Crippen molar-refractivity contribution in [1.29, 1.82) is 0 Å². The first kappa shape index (κ1) is 15.4. The van der Waals surface area contributed by atoms with Crippen LogP contribution in [0.25, 0.3) is 21.8 Å². The Kier molecular flexibility index (Phi) is 3.97. The summed E-state index contributed by atoms with van der Waals surface area (Å²) in [7, 11) is 0. The van der Waals surface area contributed by atoms with E-state index in [0.717, 1.165) is 23.3 Å². The highest BCUT2D eigenvalue weighted by Crippen LogP contribution is 2.27. The third kappa shape index (κ3) is 2.64. The van der Waals surface area contributed by atoms with Gasteiger partial charge in [-0.25, -0.2) is 4.98 Å². The Labute approximate surface area is 140 Å². The molecule has 4 aromatic rings. The molecule has 23 heavy (non-hydrogen) atoms. The van der Waals surface area contributed by atoms with Crippen molar-refractivity contribution >= 4 is 34.2 Å². The maximum atomic E-state index is 9.96. The first-order valence-corrected chi connectivity index (χ1v) is 7.36. The molecule has 3 aromatic carbocycles. The normalized spacial score (nSPS) is 10.8. The molecule has 0 unspecified atom stereocenters. The quantitative estimate of drug-likeness (QED) is 0.559. The minimum atomic E-state index is 0. The molecule has 1 heterocycles. The third-order valence-electron chi connectivity index (χ3n) is 4.12. The summed E-state index contributed by atoms with van der Waals surface area (Å²) in [5.41, 5.74) is 3.88. The van der Waals surface area contributed by atoms with Gasteiger partial charge in [-0.15, -0.1) is 12.4 Å². The minimum absolute atomic E-state index is 0. The number of phenols is 1. The van der Waals surface area contributed by atoms with Gasteiger partial charge in [-0.3, -0.25) is 0 Å². The highest BCUT2D eigenvalue weighted by atomic mass is 35.5. The Morgan fingerprint density at radius 2 is 1.78 bits per heavy atom. The van der Waals surface area contributed by atoms with Crippen LogP contribution in [0, 0.1) is 6.92 Å². The molecule has 4 rings (SSSR count). The first-order chi connectivity index (χ1) is 10.7. The van der Waals surface area contributed by atoms with Gasteiger partial charge < -0.3 is 10.1 Å². The van der Waals surface area contributed by atoms with Crippen LogP contribution in [-0.2, 0) is 6.42 Å². The van der Waals surface area contributed by atoms with E-state index in [1.807, 2.05) is 13.0 Å². The number of H-pyrrole nitrogens is 1. The van der Waals surface area contributed by atoms with E-state index in [-0.39, 0.29) is 18.2 Å². The highest BCUT2D eigenvalue weighted by Gasteiger charge is 2.10. The van der Waals surface area contributed by atoms with Gasteiger partial charge >= 0.3 is 0 Å². The van der Waals surface area contributed by atoms with Gasteiger partial charge in [-0.1, -0.05) is 48.5 Å². The van der Waals surface area contributed by atoms with Crippen LogP contribution in [0.2, 0.25) is 0 Å². The first-order valence-electron chi connectivity index (χ1n) is 7.36. The summed E-state index contributed by atoms with van der Waals surface area (Å²) < 4.78 is 0. The highest BCUT2D eigenvalue weighted by molar-refractivity contribution is 5.87. The van der Waals surface area contributed by atoms with Gasteiger partial charge in [0.25, 0.3) is 0 Å². The van der Waals surface area contributed by atoms with Gasteiger partial charge in [-0.05, 0) is 34.9 Å². The summed E-state index contributed by atoms with van der Waals surface area (Å²) in [5.74, 6) is 1.09. The molecule has 2 N–H and O–H groups in total. The third-order valence-corrected chi connectivity index (χ3v) is 4.12. The van der Waals surface area contributed by atoms with E-state index in [1.54, 1.807) is 6.07 Å². The number of nitrogens with one attached hydrogen (secondary N) is 1. The number of hydrogen-bond acceptors (Lipinski definition) is 2. The average molecular weight is 325 g/mol. The number of aryl methyl sites for hydroxylation is 1. The maximum Gasteiger partial charge on any atom is 0.143 e. The summed E-state index contributed by atoms with van der Waals surface area (Å²) >= 11 is 0. The number of nitrogens with zero attached hydrogens (tertiary/aromatic N) is 1. The Bertz CT molecular complexity index is 947. The van der Waals surface area contributed by atoms with Gasteiger partial charge in [0.1, 0.15) is 17.1 Å². The second-order valence-corrected chi connectivity index (χ2v) is 5.62. The van der Waals surface area contributed by atoms with E-state index in [4.69, 9.17) is 0 Å². The molecule has 0 aliphatic carbocycles. The summed E-state index contributed by atoms with van der Waals surface area (Å²) in [6.45, 7) is 2.02. The predicted molar refractivity (Wildman–Crippen MR) is 96.5 cm³/mol. The lowest BCUT2D eigenvalue weighted by molar-refractivity contribution is 0.480. The zero-order valence-electron chi connectivity index (χ0n) is 12.7. The lowest BCUT2D eigenvalue weighted by atomic mass is 10.0. The van der Waals surface area contributed by atoms with Crippen molar-refractivity contribution in [3.63, 3.8) is 0 Å². The van der Waals surface area contributed by atoms with Gasteiger partial charge in [0, 0.05) is 6.42 Å². The number of halogens is 1. The fraction of sp³-hybridized carbons (Fsp3) is 0.105. The number of aromatic hydroxyl groups is 1. The number of benzene rings is 3. The van der Waals surface area contributed by atoms with Crippen LogP contribution in [0.3, 0.4) is 0 Å². The van der Waals surface area contributed by atoms with Crippen LogP contribution >= 0.6 is 12.4 Å². The van der Waals surface area contributed by atoms with Crippen molar-refractivity contribution in [2.75, 3.05) is 0 Å².